The lowest BCUT2D eigenvalue weighted by Crippen LogP contribution is -2.27. The molecule has 0 aliphatic carbocycles. The molecule has 5 rings (SSSR count). The predicted molar refractivity (Wildman–Crippen MR) is 134 cm³/mol. The van der Waals surface area contributed by atoms with Crippen LogP contribution in [-0.2, 0) is 15.9 Å². The maximum atomic E-state index is 15.4. The third-order valence-corrected chi connectivity index (χ3v) is 6.23. The number of amides is 1. The fourth-order valence-corrected chi connectivity index (χ4v) is 4.44. The number of nitrogens with one attached hydrogen (secondary N) is 2. The normalized spacial score (nSPS) is 18.7. The molecule has 35 heavy (non-hydrogen) atoms. The van der Waals surface area contributed by atoms with Gasteiger partial charge in [0, 0.05) is 41.9 Å². The number of nitrogens with zero attached hydrogens (tertiary/aromatic N) is 2. The van der Waals surface area contributed by atoms with Crippen LogP contribution in [0.2, 0.25) is 0 Å². The summed E-state index contributed by atoms with van der Waals surface area (Å²) in [5.74, 6) is 0.241. The molecule has 3 aromatic rings. The first kappa shape index (κ1) is 24.7. The molecule has 4 heterocycles. The first-order valence-electron chi connectivity index (χ1n) is 11.3. The van der Waals surface area contributed by atoms with E-state index in [1.54, 1.807) is 18.3 Å². The molecular formula is C24H27ClFN5O4. The summed E-state index contributed by atoms with van der Waals surface area (Å²) in [4.78, 5) is 20.9. The average molecular weight is 504 g/mol. The van der Waals surface area contributed by atoms with Crippen molar-refractivity contribution < 1.29 is 23.4 Å². The lowest BCUT2D eigenvalue weighted by molar-refractivity contribution is 0.0420. The van der Waals surface area contributed by atoms with Crippen molar-refractivity contribution in [1.82, 2.24) is 9.97 Å². The monoisotopic (exact) mass is 503 g/mol. The van der Waals surface area contributed by atoms with Crippen LogP contribution in [0.15, 0.2) is 24.5 Å². The zero-order valence-corrected chi connectivity index (χ0v) is 20.2. The summed E-state index contributed by atoms with van der Waals surface area (Å²) < 4.78 is 31.9. The number of rotatable bonds is 4. The highest BCUT2D eigenvalue weighted by molar-refractivity contribution is 5.99. The van der Waals surface area contributed by atoms with Gasteiger partial charge in [0.25, 0.3) is 0 Å². The summed E-state index contributed by atoms with van der Waals surface area (Å²) in [5.41, 5.74) is 8.76. The van der Waals surface area contributed by atoms with Crippen LogP contribution in [0.3, 0.4) is 0 Å². The predicted octanol–water partition coefficient (Wildman–Crippen LogP) is 4.53. The van der Waals surface area contributed by atoms with Crippen molar-refractivity contribution >= 4 is 46.5 Å². The number of hydrogen-bond acceptors (Lipinski definition) is 8. The van der Waals surface area contributed by atoms with Crippen LogP contribution in [0.25, 0.3) is 21.9 Å². The van der Waals surface area contributed by atoms with E-state index in [0.717, 1.165) is 11.3 Å². The fraction of sp³-hybridized carbons (Fsp3) is 0.375. The Morgan fingerprint density at radius 3 is 2.86 bits per heavy atom. The highest BCUT2D eigenvalue weighted by Gasteiger charge is 2.28. The molecule has 2 atom stereocenters. The Labute approximate surface area is 208 Å². The van der Waals surface area contributed by atoms with E-state index >= 15 is 4.39 Å². The molecule has 1 aromatic carbocycles. The van der Waals surface area contributed by atoms with Crippen LogP contribution in [0.4, 0.5) is 26.4 Å². The molecule has 4 N–H and O–H groups in total. The molecule has 2 aromatic heterocycles. The second kappa shape index (κ2) is 10.1. The molecule has 2 aliphatic heterocycles. The number of pyridine rings is 2. The number of aromatic nitrogens is 2. The summed E-state index contributed by atoms with van der Waals surface area (Å²) in [6.07, 6.45) is 3.26. The topological polar surface area (TPSA) is 121 Å². The Morgan fingerprint density at radius 2 is 2.11 bits per heavy atom. The molecule has 9 nitrogen and oxygen atoms in total. The second-order valence-corrected chi connectivity index (χ2v) is 8.34. The molecule has 0 bridgehead atoms. The minimum atomic E-state index is -0.622. The number of ether oxygens (including phenoxy) is 3. The molecule has 1 fully saturated rings. The van der Waals surface area contributed by atoms with Gasteiger partial charge in [-0.25, -0.2) is 19.2 Å². The zero-order valence-electron chi connectivity index (χ0n) is 19.4. The van der Waals surface area contributed by atoms with Gasteiger partial charge in [0.1, 0.15) is 24.2 Å². The van der Waals surface area contributed by atoms with Gasteiger partial charge in [-0.2, -0.15) is 0 Å². The average Bonchev–Trinajstić information content (AvgIpc) is 3.24. The summed E-state index contributed by atoms with van der Waals surface area (Å²) >= 11 is 0. The van der Waals surface area contributed by atoms with E-state index in [1.165, 1.54) is 6.20 Å². The van der Waals surface area contributed by atoms with Gasteiger partial charge in [-0.15, -0.1) is 12.4 Å². The number of nitrogen functional groups attached to an aromatic ring is 1. The maximum absolute atomic E-state index is 15.4. The number of carbonyl (C=O) groups excluding carboxylic acids is 1. The van der Waals surface area contributed by atoms with Crippen LogP contribution in [-0.4, -0.2) is 48.0 Å². The number of anilines is 3. The van der Waals surface area contributed by atoms with Gasteiger partial charge in [0.2, 0.25) is 5.88 Å². The fourth-order valence-electron chi connectivity index (χ4n) is 4.44. The van der Waals surface area contributed by atoms with E-state index in [1.807, 2.05) is 13.8 Å². The summed E-state index contributed by atoms with van der Waals surface area (Å²) in [6, 6.07) is 3.33. The van der Waals surface area contributed by atoms with E-state index in [4.69, 9.17) is 19.9 Å². The van der Waals surface area contributed by atoms with Crippen LogP contribution in [0.5, 0.6) is 5.88 Å². The van der Waals surface area contributed by atoms with Crippen LogP contribution in [0, 0.1) is 5.82 Å². The van der Waals surface area contributed by atoms with Crippen molar-refractivity contribution in [3.63, 3.8) is 0 Å². The lowest BCUT2D eigenvalue weighted by atomic mass is 9.95. The maximum Gasteiger partial charge on any atom is 0.413 e. The van der Waals surface area contributed by atoms with Crippen LogP contribution < -0.4 is 21.1 Å². The van der Waals surface area contributed by atoms with Gasteiger partial charge >= 0.3 is 6.09 Å². The number of fused-ring (bicyclic) bond motifs is 2. The summed E-state index contributed by atoms with van der Waals surface area (Å²) in [5, 5.41) is 7.02. The van der Waals surface area contributed by atoms with Crippen molar-refractivity contribution in [1.29, 1.82) is 0 Å². The number of nitrogens with two attached hydrogens (primary N) is 1. The second-order valence-electron chi connectivity index (χ2n) is 8.34. The summed E-state index contributed by atoms with van der Waals surface area (Å²) in [6.45, 7) is 5.58. The van der Waals surface area contributed by atoms with E-state index in [2.05, 4.69) is 20.6 Å². The van der Waals surface area contributed by atoms with E-state index in [-0.39, 0.29) is 36.1 Å². The van der Waals surface area contributed by atoms with Crippen molar-refractivity contribution in [2.24, 2.45) is 0 Å². The van der Waals surface area contributed by atoms with Gasteiger partial charge < -0.3 is 25.3 Å². The molecule has 2 unspecified atom stereocenters. The van der Waals surface area contributed by atoms with Crippen molar-refractivity contribution in [2.45, 2.75) is 38.9 Å². The number of benzene rings is 1. The molecule has 1 amide bonds. The Hall–Kier alpha value is -3.37. The third-order valence-electron chi connectivity index (χ3n) is 6.23. The molecule has 2 aliphatic rings. The number of hydrogen-bond donors (Lipinski definition) is 3. The highest BCUT2D eigenvalue weighted by atomic mass is 35.5. The van der Waals surface area contributed by atoms with E-state index in [0.29, 0.717) is 60.4 Å². The first-order valence-corrected chi connectivity index (χ1v) is 11.3. The van der Waals surface area contributed by atoms with Crippen molar-refractivity contribution in [2.75, 3.05) is 36.1 Å². The molecular weight excluding hydrogens is 477 g/mol. The zero-order chi connectivity index (χ0) is 23.8. The quantitative estimate of drug-likeness (QED) is 0.444. The molecule has 1 saturated heterocycles. The molecule has 0 spiro atoms. The van der Waals surface area contributed by atoms with Crippen molar-refractivity contribution in [3.8, 4) is 17.0 Å². The Kier molecular flexibility index (Phi) is 7.13. The van der Waals surface area contributed by atoms with E-state index < -0.39 is 11.9 Å². The SMILES string of the molecule is CCc1c(-c2cc3cc(NC(=O)OC4CCOC4C)ncc3c(N)c2F)cnc2c1NCCO2.Cl. The van der Waals surface area contributed by atoms with Gasteiger partial charge in [-0.1, -0.05) is 6.92 Å². The largest absolute Gasteiger partial charge is 0.474 e. The number of carbonyl (C=O) groups is 1. The number of halogens is 2. The lowest BCUT2D eigenvalue weighted by Gasteiger charge is -2.23. The first-order chi connectivity index (χ1) is 16.5. The highest BCUT2D eigenvalue weighted by Crippen LogP contribution is 2.40. The van der Waals surface area contributed by atoms with E-state index in [9.17, 15) is 4.79 Å². The van der Waals surface area contributed by atoms with Crippen molar-refractivity contribution in [3.05, 3.63) is 35.9 Å². The minimum absolute atomic E-state index is 0. The molecule has 186 valence electrons. The third kappa shape index (κ3) is 4.63. The molecule has 0 saturated carbocycles. The van der Waals surface area contributed by atoms with Gasteiger partial charge in [-0.3, -0.25) is 5.32 Å². The Morgan fingerprint density at radius 1 is 1.29 bits per heavy atom. The molecule has 11 heteroatoms. The molecule has 0 radical (unpaired) electrons. The Bertz CT molecular complexity index is 1270. The van der Waals surface area contributed by atoms with Crippen LogP contribution in [0.1, 0.15) is 25.8 Å². The van der Waals surface area contributed by atoms with Gasteiger partial charge in [-0.05, 0) is 36.4 Å². The van der Waals surface area contributed by atoms with Gasteiger partial charge in [0.05, 0.1) is 18.4 Å². The summed E-state index contributed by atoms with van der Waals surface area (Å²) in [7, 11) is 0. The standard InChI is InChI=1S/C24H26FN5O4.ClH/c1-3-14-17(11-29-23-22(14)27-5-7-33-23)15-8-13-9-19(28-10-16(13)21(26)20(15)25)30-24(31)34-18-4-6-32-12(18)2;/h8-12,18,27H,3-7,26H2,1-2H3,(H,28,30,31);1H. The Balaban J connectivity index is 0.00000289. The van der Waals surface area contributed by atoms with Gasteiger partial charge in [0.15, 0.2) is 5.82 Å². The van der Waals surface area contributed by atoms with Crippen LogP contribution >= 0.6 is 12.4 Å². The minimum Gasteiger partial charge on any atom is -0.474 e. The smallest absolute Gasteiger partial charge is 0.413 e.